The summed E-state index contributed by atoms with van der Waals surface area (Å²) in [5.74, 6) is 0.279. The van der Waals surface area contributed by atoms with Gasteiger partial charge in [0.1, 0.15) is 5.82 Å². The van der Waals surface area contributed by atoms with Gasteiger partial charge < -0.3 is 19.6 Å². The van der Waals surface area contributed by atoms with Gasteiger partial charge in [0.05, 0.1) is 13.2 Å². The molecule has 0 spiro atoms. The molecule has 0 saturated carbocycles. The molecule has 0 radical (unpaired) electrons. The first-order valence-electron chi connectivity index (χ1n) is 9.45. The van der Waals surface area contributed by atoms with Gasteiger partial charge >= 0.3 is 0 Å². The Labute approximate surface area is 169 Å². The number of benzene rings is 1. The second-order valence-corrected chi connectivity index (χ2v) is 6.94. The Hall–Kier alpha value is -3.22. The lowest BCUT2D eigenvalue weighted by atomic mass is 10.0. The number of methoxy groups -OCH3 is 1. The third-order valence-corrected chi connectivity index (χ3v) is 5.14. The average Bonchev–Trinajstić information content (AvgIpc) is 3.33. The largest absolute Gasteiger partial charge is 0.494 e. The highest BCUT2D eigenvalue weighted by atomic mass is 19.1. The van der Waals surface area contributed by atoms with Crippen molar-refractivity contribution in [3.8, 4) is 16.9 Å². The number of aliphatic imine (C=N–C) groups is 1. The molecule has 1 fully saturated rings. The molecule has 6 nitrogen and oxygen atoms in total. The summed E-state index contributed by atoms with van der Waals surface area (Å²) in [5, 5.41) is 8.34. The van der Waals surface area contributed by atoms with E-state index in [1.807, 2.05) is 17.7 Å². The second-order valence-electron chi connectivity index (χ2n) is 6.94. The van der Waals surface area contributed by atoms with Crippen LogP contribution >= 0.6 is 0 Å². The third kappa shape index (κ3) is 3.85. The zero-order chi connectivity index (χ0) is 21.1. The fraction of sp³-hybridized carbons (Fsp3) is 0.318. The molecule has 7 heteroatoms. The quantitative estimate of drug-likeness (QED) is 0.582. The van der Waals surface area contributed by atoms with Crippen LogP contribution in [0, 0.1) is 11.2 Å². The summed E-state index contributed by atoms with van der Waals surface area (Å²) in [6, 6.07) is 4.69. The first-order valence-corrected chi connectivity index (χ1v) is 9.45. The highest BCUT2D eigenvalue weighted by Crippen LogP contribution is 2.39. The molecule has 152 valence electrons. The van der Waals surface area contributed by atoms with Crippen molar-refractivity contribution in [1.29, 1.82) is 5.41 Å². The molecule has 1 aliphatic heterocycles. The van der Waals surface area contributed by atoms with Gasteiger partial charge in [-0.2, -0.15) is 0 Å². The second kappa shape index (κ2) is 8.43. The van der Waals surface area contributed by atoms with Gasteiger partial charge in [0.25, 0.3) is 0 Å². The van der Waals surface area contributed by atoms with Crippen LogP contribution < -0.4 is 4.74 Å². The Morgan fingerprint density at radius 1 is 1.45 bits per heavy atom. The van der Waals surface area contributed by atoms with E-state index in [1.54, 1.807) is 30.2 Å². The Bertz CT molecular complexity index is 993. The van der Waals surface area contributed by atoms with Crippen molar-refractivity contribution in [2.75, 3.05) is 20.2 Å². The van der Waals surface area contributed by atoms with Crippen LogP contribution in [0.4, 0.5) is 10.2 Å². The van der Waals surface area contributed by atoms with Crippen molar-refractivity contribution >= 4 is 23.7 Å². The maximum Gasteiger partial charge on any atom is 0.246 e. The fourth-order valence-electron chi connectivity index (χ4n) is 3.76. The zero-order valence-electron chi connectivity index (χ0n) is 16.9. The van der Waals surface area contributed by atoms with Crippen LogP contribution in [-0.2, 0) is 4.79 Å². The normalized spacial score (nSPS) is 16.4. The maximum atomic E-state index is 13.9. The molecule has 1 aliphatic rings. The predicted molar refractivity (Wildman–Crippen MR) is 113 cm³/mol. The summed E-state index contributed by atoms with van der Waals surface area (Å²) in [4.78, 5) is 18.3. The molecule has 2 heterocycles. The smallest absolute Gasteiger partial charge is 0.246 e. The third-order valence-electron chi connectivity index (χ3n) is 5.14. The van der Waals surface area contributed by atoms with E-state index in [-0.39, 0.29) is 17.7 Å². The molecule has 3 rings (SSSR count). The van der Waals surface area contributed by atoms with E-state index in [0.717, 1.165) is 17.5 Å². The summed E-state index contributed by atoms with van der Waals surface area (Å²) < 4.78 is 21.1. The van der Waals surface area contributed by atoms with Crippen LogP contribution in [0.1, 0.15) is 31.9 Å². The Kier molecular flexibility index (Phi) is 5.96. The SMILES string of the molecule is C=CC(=O)N1CCC(n2cc(-c3ccc(F)c(OC)c3)c(C(C)=N)c2N=CC)C1. The first kappa shape index (κ1) is 20.5. The number of halogens is 1. The number of carbonyl (C=O) groups is 1. The summed E-state index contributed by atoms with van der Waals surface area (Å²) in [7, 11) is 1.42. The van der Waals surface area contributed by atoms with Gasteiger partial charge in [0.15, 0.2) is 11.6 Å². The number of hydrogen-bond donors (Lipinski definition) is 1. The highest BCUT2D eigenvalue weighted by molar-refractivity contribution is 6.07. The lowest BCUT2D eigenvalue weighted by Crippen LogP contribution is -2.27. The maximum absolute atomic E-state index is 13.9. The Morgan fingerprint density at radius 2 is 2.21 bits per heavy atom. The summed E-state index contributed by atoms with van der Waals surface area (Å²) in [6.07, 6.45) is 5.74. The van der Waals surface area contributed by atoms with Crippen molar-refractivity contribution in [2.45, 2.75) is 26.3 Å². The van der Waals surface area contributed by atoms with Crippen LogP contribution in [0.5, 0.6) is 5.75 Å². The minimum absolute atomic E-state index is 0.0341. The van der Waals surface area contributed by atoms with Crippen molar-refractivity contribution in [3.05, 3.63) is 48.4 Å². The van der Waals surface area contributed by atoms with Gasteiger partial charge in [0.2, 0.25) is 5.91 Å². The van der Waals surface area contributed by atoms with E-state index in [9.17, 15) is 9.18 Å². The number of carbonyl (C=O) groups excluding carboxylic acids is 1. The van der Waals surface area contributed by atoms with E-state index in [0.29, 0.717) is 30.2 Å². The highest BCUT2D eigenvalue weighted by Gasteiger charge is 2.30. The molecular formula is C22H25FN4O2. The fourth-order valence-corrected chi connectivity index (χ4v) is 3.76. The van der Waals surface area contributed by atoms with Crippen LogP contribution in [0.15, 0.2) is 42.0 Å². The number of likely N-dealkylation sites (tertiary alicyclic amines) is 1. The lowest BCUT2D eigenvalue weighted by Gasteiger charge is -2.17. The molecule has 1 saturated heterocycles. The number of hydrogen-bond acceptors (Lipinski definition) is 4. The minimum Gasteiger partial charge on any atom is -0.494 e. The minimum atomic E-state index is -0.440. The number of amides is 1. The van der Waals surface area contributed by atoms with Crippen molar-refractivity contribution < 1.29 is 13.9 Å². The number of aromatic nitrogens is 1. The van der Waals surface area contributed by atoms with E-state index in [4.69, 9.17) is 10.1 Å². The van der Waals surface area contributed by atoms with Crippen LogP contribution in [0.2, 0.25) is 0 Å². The lowest BCUT2D eigenvalue weighted by molar-refractivity contribution is -0.125. The molecule has 1 aromatic carbocycles. The number of rotatable bonds is 6. The summed E-state index contributed by atoms with van der Waals surface area (Å²) in [5.41, 5.74) is 2.57. The molecule has 1 amide bonds. The molecule has 1 atom stereocenters. The number of nitrogens with zero attached hydrogens (tertiary/aromatic N) is 3. The van der Waals surface area contributed by atoms with Gasteiger partial charge in [-0.05, 0) is 44.0 Å². The number of ether oxygens (including phenoxy) is 1. The topological polar surface area (TPSA) is 70.7 Å². The number of nitrogens with one attached hydrogen (secondary N) is 1. The molecule has 1 N–H and O–H groups in total. The molecule has 29 heavy (non-hydrogen) atoms. The van der Waals surface area contributed by atoms with Crippen LogP contribution in [0.3, 0.4) is 0 Å². The van der Waals surface area contributed by atoms with Gasteiger partial charge in [0, 0.05) is 42.3 Å². The summed E-state index contributed by atoms with van der Waals surface area (Å²) >= 11 is 0. The van der Waals surface area contributed by atoms with Crippen molar-refractivity contribution in [3.63, 3.8) is 0 Å². The molecule has 2 aromatic rings. The van der Waals surface area contributed by atoms with E-state index >= 15 is 0 Å². The average molecular weight is 396 g/mol. The van der Waals surface area contributed by atoms with E-state index in [2.05, 4.69) is 11.6 Å². The van der Waals surface area contributed by atoms with E-state index in [1.165, 1.54) is 19.3 Å². The zero-order valence-corrected chi connectivity index (χ0v) is 16.9. The predicted octanol–water partition coefficient (Wildman–Crippen LogP) is 4.37. The Balaban J connectivity index is 2.13. The molecule has 0 bridgehead atoms. The first-order chi connectivity index (χ1) is 13.9. The Morgan fingerprint density at radius 3 is 2.83 bits per heavy atom. The van der Waals surface area contributed by atoms with Crippen LogP contribution in [0.25, 0.3) is 11.1 Å². The van der Waals surface area contributed by atoms with Gasteiger partial charge in [-0.3, -0.25) is 4.79 Å². The van der Waals surface area contributed by atoms with E-state index < -0.39 is 5.82 Å². The van der Waals surface area contributed by atoms with Gasteiger partial charge in [-0.25, -0.2) is 9.38 Å². The molecule has 1 unspecified atom stereocenters. The summed E-state index contributed by atoms with van der Waals surface area (Å²) in [6.45, 7) is 8.28. The van der Waals surface area contributed by atoms with Gasteiger partial charge in [-0.15, -0.1) is 0 Å². The van der Waals surface area contributed by atoms with Gasteiger partial charge in [-0.1, -0.05) is 12.6 Å². The van der Waals surface area contributed by atoms with Crippen molar-refractivity contribution in [1.82, 2.24) is 9.47 Å². The van der Waals surface area contributed by atoms with Crippen molar-refractivity contribution in [2.24, 2.45) is 4.99 Å². The molecule has 1 aromatic heterocycles. The molecule has 0 aliphatic carbocycles. The monoisotopic (exact) mass is 396 g/mol. The molecular weight excluding hydrogens is 371 g/mol. The van der Waals surface area contributed by atoms with Crippen LogP contribution in [-0.4, -0.2) is 47.5 Å². The standard InChI is InChI=1S/C22H25FN4O2/c1-5-20(28)26-10-9-16(12-26)27-13-17(21(14(3)24)22(27)25-6-2)15-7-8-18(23)19(11-15)29-4/h5-8,11,13,16,24H,1,9-10,12H2,2-4H3.